The van der Waals surface area contributed by atoms with Gasteiger partial charge in [-0.25, -0.2) is 4.98 Å². The molecule has 0 aromatic carbocycles. The highest BCUT2D eigenvalue weighted by Crippen LogP contribution is 2.11. The van der Waals surface area contributed by atoms with Crippen LogP contribution >= 0.6 is 0 Å². The summed E-state index contributed by atoms with van der Waals surface area (Å²) in [5.74, 6) is 0.527. The second-order valence-electron chi connectivity index (χ2n) is 2.95. The van der Waals surface area contributed by atoms with Gasteiger partial charge in [0.25, 0.3) is 0 Å². The van der Waals surface area contributed by atoms with E-state index in [-0.39, 0.29) is 0 Å². The summed E-state index contributed by atoms with van der Waals surface area (Å²) >= 11 is 0. The van der Waals surface area contributed by atoms with E-state index in [9.17, 15) is 0 Å². The van der Waals surface area contributed by atoms with E-state index in [0.717, 1.165) is 12.1 Å². The minimum Gasteiger partial charge on any atom is -0.202 e. The van der Waals surface area contributed by atoms with Gasteiger partial charge in [0, 0.05) is 11.8 Å². The van der Waals surface area contributed by atoms with E-state index < -0.39 is 0 Å². The van der Waals surface area contributed by atoms with Crippen LogP contribution in [-0.4, -0.2) is 4.98 Å². The number of aromatic nitrogens is 1. The van der Waals surface area contributed by atoms with E-state index in [0.29, 0.717) is 5.92 Å². The highest BCUT2D eigenvalue weighted by molar-refractivity contribution is 5.14. The number of aryl methyl sites for hydroxylation is 1. The van der Waals surface area contributed by atoms with Gasteiger partial charge in [-0.1, -0.05) is 20.8 Å². The molecule has 0 saturated heterocycles. The lowest BCUT2D eigenvalue weighted by Gasteiger charge is -2.01. The Morgan fingerprint density at radius 1 is 1.55 bits per heavy atom. The lowest BCUT2D eigenvalue weighted by molar-refractivity contribution is 0.856. The number of hydrogen-bond acceptors (Lipinski definition) is 1. The standard InChI is InChI=1S/C10H13N/c1-4-10-7-9(8(2)3)5-6-11-10/h7-8H,4H2,1-3H3. The summed E-state index contributed by atoms with van der Waals surface area (Å²) in [6, 6.07) is 5.10. The molecule has 0 unspecified atom stereocenters. The first-order valence-electron chi connectivity index (χ1n) is 4.03. The normalized spacial score (nSPS) is 9.82. The smallest absolute Gasteiger partial charge is 0.0517 e. The third kappa shape index (κ3) is 1.94. The van der Waals surface area contributed by atoms with Crippen molar-refractivity contribution in [2.45, 2.75) is 33.1 Å². The lowest BCUT2D eigenvalue weighted by atomic mass is 10.1. The van der Waals surface area contributed by atoms with Crippen molar-refractivity contribution in [2.24, 2.45) is 0 Å². The van der Waals surface area contributed by atoms with Crippen molar-refractivity contribution in [3.05, 3.63) is 29.6 Å². The maximum atomic E-state index is 4.06. The van der Waals surface area contributed by atoms with Crippen LogP contribution in [0.15, 0.2) is 6.07 Å². The molecular weight excluding hydrogens is 134 g/mol. The van der Waals surface area contributed by atoms with E-state index >= 15 is 0 Å². The number of hydrogen-bond donors (Lipinski definition) is 0. The molecule has 0 saturated carbocycles. The first-order chi connectivity index (χ1) is 5.24. The molecule has 0 aliphatic carbocycles. The van der Waals surface area contributed by atoms with Gasteiger partial charge in [0.2, 0.25) is 0 Å². The van der Waals surface area contributed by atoms with Crippen molar-refractivity contribution in [3.8, 4) is 0 Å². The Bertz CT molecular complexity index is 228. The van der Waals surface area contributed by atoms with Crippen LogP contribution in [0.5, 0.6) is 0 Å². The van der Waals surface area contributed by atoms with Crippen LogP contribution in [-0.2, 0) is 6.42 Å². The van der Waals surface area contributed by atoms with E-state index in [1.807, 2.05) is 0 Å². The van der Waals surface area contributed by atoms with Gasteiger partial charge < -0.3 is 0 Å². The molecule has 0 radical (unpaired) electrons. The number of nitrogens with zero attached hydrogens (tertiary/aromatic N) is 1. The third-order valence-electron chi connectivity index (χ3n) is 1.71. The van der Waals surface area contributed by atoms with Crippen molar-refractivity contribution in [1.82, 2.24) is 4.98 Å². The molecule has 0 bridgehead atoms. The van der Waals surface area contributed by atoms with Gasteiger partial charge in [0.05, 0.1) is 5.69 Å². The predicted octanol–water partition coefficient (Wildman–Crippen LogP) is 2.37. The molecule has 0 N–H and O–H groups in total. The van der Waals surface area contributed by atoms with E-state index in [4.69, 9.17) is 0 Å². The SMILES string of the molecule is CCc1cc(C(C)C)c#cn1. The first kappa shape index (κ1) is 8.07. The molecule has 0 fully saturated rings. The molecule has 11 heavy (non-hydrogen) atoms. The highest BCUT2D eigenvalue weighted by atomic mass is 14.6. The fourth-order valence-electron chi connectivity index (χ4n) is 0.904. The molecule has 1 aromatic heterocycles. The Kier molecular flexibility index (Phi) is 2.48. The predicted molar refractivity (Wildman–Crippen MR) is 45.4 cm³/mol. The second-order valence-corrected chi connectivity index (χ2v) is 2.95. The summed E-state index contributed by atoms with van der Waals surface area (Å²) in [4.78, 5) is 4.06. The maximum Gasteiger partial charge on any atom is 0.0517 e. The molecule has 0 spiro atoms. The molecule has 1 heteroatoms. The van der Waals surface area contributed by atoms with Crippen LogP contribution in [0.3, 0.4) is 0 Å². The molecule has 58 valence electrons. The average molecular weight is 147 g/mol. The van der Waals surface area contributed by atoms with Crippen molar-refractivity contribution >= 4 is 0 Å². The van der Waals surface area contributed by atoms with Crippen molar-refractivity contribution in [3.63, 3.8) is 0 Å². The zero-order valence-electron chi connectivity index (χ0n) is 7.31. The first-order valence-corrected chi connectivity index (χ1v) is 4.03. The Morgan fingerprint density at radius 3 is 2.82 bits per heavy atom. The van der Waals surface area contributed by atoms with Gasteiger partial charge in [-0.15, -0.1) is 0 Å². The minimum absolute atomic E-state index is 0.527. The molecular formula is C10H13N. The van der Waals surface area contributed by atoms with E-state index in [2.05, 4.69) is 44.1 Å². The minimum atomic E-state index is 0.527. The maximum absolute atomic E-state index is 4.06. The van der Waals surface area contributed by atoms with Gasteiger partial charge in [-0.3, -0.25) is 0 Å². The van der Waals surface area contributed by atoms with Crippen LogP contribution in [0.1, 0.15) is 37.9 Å². The third-order valence-corrected chi connectivity index (χ3v) is 1.71. The molecule has 1 aromatic rings. The number of rotatable bonds is 2. The largest absolute Gasteiger partial charge is 0.202 e. The Morgan fingerprint density at radius 2 is 2.27 bits per heavy atom. The monoisotopic (exact) mass is 147 g/mol. The quantitative estimate of drug-likeness (QED) is 0.625. The van der Waals surface area contributed by atoms with Crippen LogP contribution in [0, 0.1) is 12.3 Å². The fourth-order valence-corrected chi connectivity index (χ4v) is 0.904. The molecule has 1 nitrogen and oxygen atoms in total. The molecule has 1 heterocycles. The topological polar surface area (TPSA) is 12.9 Å². The summed E-state index contributed by atoms with van der Waals surface area (Å²) < 4.78 is 0. The van der Waals surface area contributed by atoms with Gasteiger partial charge in [-0.2, -0.15) is 0 Å². The lowest BCUT2D eigenvalue weighted by Crippen LogP contribution is -1.90. The highest BCUT2D eigenvalue weighted by Gasteiger charge is 1.98. The van der Waals surface area contributed by atoms with Gasteiger partial charge in [0.15, 0.2) is 0 Å². The van der Waals surface area contributed by atoms with E-state index in [1.165, 1.54) is 5.56 Å². The molecule has 0 amide bonds. The Hall–Kier alpha value is -1.03. The molecule has 0 aliphatic heterocycles. The van der Waals surface area contributed by atoms with Gasteiger partial charge in [0.1, 0.15) is 0 Å². The van der Waals surface area contributed by atoms with Gasteiger partial charge in [-0.05, 0) is 24.5 Å². The van der Waals surface area contributed by atoms with Crippen molar-refractivity contribution in [1.29, 1.82) is 0 Å². The zero-order valence-corrected chi connectivity index (χ0v) is 7.31. The van der Waals surface area contributed by atoms with Gasteiger partial charge >= 0.3 is 0 Å². The van der Waals surface area contributed by atoms with E-state index in [1.54, 1.807) is 0 Å². The average Bonchev–Trinajstić information content (AvgIpc) is 2.05. The molecule has 0 atom stereocenters. The summed E-state index contributed by atoms with van der Waals surface area (Å²) in [6.45, 7) is 6.40. The van der Waals surface area contributed by atoms with Crippen molar-refractivity contribution < 1.29 is 0 Å². The van der Waals surface area contributed by atoms with Crippen molar-refractivity contribution in [2.75, 3.05) is 0 Å². The summed E-state index contributed by atoms with van der Waals surface area (Å²) in [5, 5.41) is 0. The van der Waals surface area contributed by atoms with Crippen LogP contribution in [0.2, 0.25) is 0 Å². The zero-order chi connectivity index (χ0) is 8.27. The Balaban J connectivity index is 2.91. The fraction of sp³-hybridized carbons (Fsp3) is 0.500. The summed E-state index contributed by atoms with van der Waals surface area (Å²) in [5.41, 5.74) is 2.31. The van der Waals surface area contributed by atoms with Crippen LogP contribution in [0.25, 0.3) is 0 Å². The summed E-state index contributed by atoms with van der Waals surface area (Å²) in [6.07, 6.45) is 3.76. The van der Waals surface area contributed by atoms with Crippen LogP contribution < -0.4 is 0 Å². The second kappa shape index (κ2) is 3.39. The summed E-state index contributed by atoms with van der Waals surface area (Å²) in [7, 11) is 0. The van der Waals surface area contributed by atoms with Crippen LogP contribution in [0.4, 0.5) is 0 Å². The molecule has 0 aliphatic rings. The Labute approximate surface area is 68.5 Å². The molecule has 1 rings (SSSR count).